The number of rotatable bonds is 7. The summed E-state index contributed by atoms with van der Waals surface area (Å²) in [7, 11) is 1.35. The summed E-state index contributed by atoms with van der Waals surface area (Å²) in [4.78, 5) is 24.2. The number of nitrogens with zero attached hydrogens (tertiary/aromatic N) is 4. The van der Waals surface area contributed by atoms with Gasteiger partial charge in [-0.2, -0.15) is 0 Å². The Morgan fingerprint density at radius 2 is 2.20 bits per heavy atom. The third kappa shape index (κ3) is 3.59. The lowest BCUT2D eigenvalue weighted by molar-refractivity contribution is -0.385. The number of Topliss-reactive ketones (excluding diaryl/α,β-unsaturated/α-hetero) is 1. The molecule has 0 N–H and O–H groups in total. The normalized spacial score (nSPS) is 9.50. The van der Waals surface area contributed by atoms with Crippen molar-refractivity contribution in [2.24, 2.45) is 5.11 Å². The van der Waals surface area contributed by atoms with Crippen LogP contribution in [0.25, 0.3) is 10.4 Å². The average molecular weight is 280 g/mol. The van der Waals surface area contributed by atoms with E-state index < -0.39 is 10.7 Å². The SMILES string of the molecule is COc1cc(C(C)=O)c([N+](=O)[O-])cc1OCCN=[N+]=[N-]. The molecule has 0 heterocycles. The molecule has 106 valence electrons. The third-order valence-corrected chi connectivity index (χ3v) is 2.37. The van der Waals surface area contributed by atoms with Gasteiger partial charge in [0.2, 0.25) is 0 Å². The zero-order chi connectivity index (χ0) is 15.1. The van der Waals surface area contributed by atoms with E-state index in [1.807, 2.05) is 0 Å². The van der Waals surface area contributed by atoms with E-state index in [0.29, 0.717) is 0 Å². The van der Waals surface area contributed by atoms with Gasteiger partial charge in [0.25, 0.3) is 5.69 Å². The largest absolute Gasteiger partial charge is 0.493 e. The van der Waals surface area contributed by atoms with Crippen LogP contribution in [0.4, 0.5) is 5.69 Å². The molecule has 0 aliphatic heterocycles. The minimum atomic E-state index is -0.670. The van der Waals surface area contributed by atoms with Crippen molar-refractivity contribution in [1.29, 1.82) is 0 Å². The van der Waals surface area contributed by atoms with Crippen LogP contribution in [0.15, 0.2) is 17.2 Å². The van der Waals surface area contributed by atoms with E-state index in [-0.39, 0.29) is 35.9 Å². The Morgan fingerprint density at radius 1 is 1.50 bits per heavy atom. The van der Waals surface area contributed by atoms with Crippen LogP contribution in [0.1, 0.15) is 17.3 Å². The van der Waals surface area contributed by atoms with Gasteiger partial charge in [0.1, 0.15) is 0 Å². The van der Waals surface area contributed by atoms with Crippen molar-refractivity contribution in [3.8, 4) is 11.5 Å². The predicted molar refractivity (Wildman–Crippen MR) is 69.2 cm³/mol. The molecule has 1 aromatic rings. The number of ketones is 1. The summed E-state index contributed by atoms with van der Waals surface area (Å²) >= 11 is 0. The second kappa shape index (κ2) is 6.95. The van der Waals surface area contributed by atoms with Gasteiger partial charge in [-0.05, 0) is 12.5 Å². The molecule has 0 unspecified atom stereocenters. The number of ether oxygens (including phenoxy) is 2. The van der Waals surface area contributed by atoms with Gasteiger partial charge >= 0.3 is 0 Å². The Hall–Kier alpha value is -2.80. The second-order valence-corrected chi connectivity index (χ2v) is 3.64. The number of methoxy groups -OCH3 is 1. The first-order chi connectivity index (χ1) is 9.51. The number of benzene rings is 1. The van der Waals surface area contributed by atoms with Gasteiger partial charge in [-0.15, -0.1) is 0 Å². The lowest BCUT2D eigenvalue weighted by atomic mass is 10.1. The highest BCUT2D eigenvalue weighted by Crippen LogP contribution is 2.34. The molecule has 0 amide bonds. The van der Waals surface area contributed by atoms with E-state index in [2.05, 4.69) is 10.0 Å². The molecule has 0 aliphatic rings. The first kappa shape index (κ1) is 15.3. The number of azide groups is 1. The van der Waals surface area contributed by atoms with E-state index in [1.165, 1.54) is 20.1 Å². The van der Waals surface area contributed by atoms with E-state index in [1.54, 1.807) is 0 Å². The molecule has 0 atom stereocenters. The van der Waals surface area contributed by atoms with Crippen molar-refractivity contribution in [3.05, 3.63) is 38.3 Å². The Kier molecular flexibility index (Phi) is 5.31. The summed E-state index contributed by atoms with van der Waals surface area (Å²) in [6.07, 6.45) is 0. The van der Waals surface area contributed by atoms with Crippen molar-refractivity contribution in [1.82, 2.24) is 0 Å². The fourth-order valence-corrected chi connectivity index (χ4v) is 1.50. The van der Waals surface area contributed by atoms with Crippen LogP contribution in [-0.4, -0.2) is 31.0 Å². The van der Waals surface area contributed by atoms with Gasteiger partial charge in [-0.1, -0.05) is 5.11 Å². The van der Waals surface area contributed by atoms with Crippen LogP contribution in [0, 0.1) is 10.1 Å². The van der Waals surface area contributed by atoms with Crippen LogP contribution in [0.5, 0.6) is 11.5 Å². The van der Waals surface area contributed by atoms with Crippen molar-refractivity contribution in [3.63, 3.8) is 0 Å². The zero-order valence-corrected chi connectivity index (χ0v) is 10.9. The van der Waals surface area contributed by atoms with Gasteiger partial charge in [0.15, 0.2) is 17.3 Å². The van der Waals surface area contributed by atoms with Crippen LogP contribution >= 0.6 is 0 Å². The monoisotopic (exact) mass is 280 g/mol. The van der Waals surface area contributed by atoms with Gasteiger partial charge in [-0.25, -0.2) is 0 Å². The van der Waals surface area contributed by atoms with Crippen molar-refractivity contribution >= 4 is 11.5 Å². The fraction of sp³-hybridized carbons (Fsp3) is 0.364. The Morgan fingerprint density at radius 3 is 2.70 bits per heavy atom. The maximum absolute atomic E-state index is 11.4. The lowest BCUT2D eigenvalue weighted by Gasteiger charge is -2.11. The summed E-state index contributed by atoms with van der Waals surface area (Å²) < 4.78 is 10.3. The molecule has 0 radical (unpaired) electrons. The minimum Gasteiger partial charge on any atom is -0.493 e. The molecular formula is C11H12N4O5. The average Bonchev–Trinajstić information content (AvgIpc) is 2.42. The van der Waals surface area contributed by atoms with Gasteiger partial charge in [-0.3, -0.25) is 14.9 Å². The first-order valence-corrected chi connectivity index (χ1v) is 5.52. The van der Waals surface area contributed by atoms with Crippen molar-refractivity contribution < 1.29 is 19.2 Å². The molecule has 0 bridgehead atoms. The highest BCUT2D eigenvalue weighted by atomic mass is 16.6. The zero-order valence-electron chi connectivity index (χ0n) is 10.9. The van der Waals surface area contributed by atoms with Crippen LogP contribution in [-0.2, 0) is 0 Å². The quantitative estimate of drug-likeness (QED) is 0.144. The highest BCUT2D eigenvalue weighted by molar-refractivity contribution is 5.98. The minimum absolute atomic E-state index is 0.0387. The van der Waals surface area contributed by atoms with Crippen LogP contribution in [0.3, 0.4) is 0 Å². The van der Waals surface area contributed by atoms with Crippen LogP contribution in [0.2, 0.25) is 0 Å². The topological polar surface area (TPSA) is 127 Å². The van der Waals surface area contributed by atoms with Gasteiger partial charge in [0.05, 0.1) is 36.8 Å². The Labute approximate surface area is 113 Å². The molecule has 9 nitrogen and oxygen atoms in total. The van der Waals surface area contributed by atoms with E-state index in [0.717, 1.165) is 6.07 Å². The predicted octanol–water partition coefficient (Wildman–Crippen LogP) is 2.50. The van der Waals surface area contributed by atoms with Crippen molar-refractivity contribution in [2.45, 2.75) is 6.92 Å². The molecule has 1 aromatic carbocycles. The van der Waals surface area contributed by atoms with Gasteiger partial charge in [0, 0.05) is 11.0 Å². The first-order valence-electron chi connectivity index (χ1n) is 5.52. The van der Waals surface area contributed by atoms with E-state index in [4.69, 9.17) is 15.0 Å². The van der Waals surface area contributed by atoms with E-state index >= 15 is 0 Å². The molecule has 0 saturated heterocycles. The summed E-state index contributed by atoms with van der Waals surface area (Å²) in [5.41, 5.74) is 7.71. The second-order valence-electron chi connectivity index (χ2n) is 3.64. The highest BCUT2D eigenvalue weighted by Gasteiger charge is 2.22. The molecule has 0 saturated carbocycles. The summed E-state index contributed by atoms with van der Waals surface area (Å²) in [5.74, 6) is -0.144. The fourth-order valence-electron chi connectivity index (χ4n) is 1.50. The Bertz CT molecular complexity index is 580. The number of hydrogen-bond donors (Lipinski definition) is 0. The molecule has 0 spiro atoms. The number of carbonyl (C=O) groups is 1. The third-order valence-electron chi connectivity index (χ3n) is 2.37. The van der Waals surface area contributed by atoms with E-state index in [9.17, 15) is 14.9 Å². The summed E-state index contributed by atoms with van der Waals surface area (Å²) in [6, 6.07) is 2.37. The summed E-state index contributed by atoms with van der Waals surface area (Å²) in [6.45, 7) is 1.34. The Balaban J connectivity index is 3.16. The molecular weight excluding hydrogens is 268 g/mol. The molecule has 1 rings (SSSR count). The molecule has 9 heteroatoms. The van der Waals surface area contributed by atoms with Gasteiger partial charge < -0.3 is 9.47 Å². The number of carbonyl (C=O) groups excluding carboxylic acids is 1. The molecule has 20 heavy (non-hydrogen) atoms. The number of nitro groups is 1. The molecule has 0 aromatic heterocycles. The summed E-state index contributed by atoms with van der Waals surface area (Å²) in [5, 5.41) is 14.2. The molecule has 0 aliphatic carbocycles. The lowest BCUT2D eigenvalue weighted by Crippen LogP contribution is -2.06. The smallest absolute Gasteiger partial charge is 0.284 e. The number of hydrogen-bond acceptors (Lipinski definition) is 6. The maximum Gasteiger partial charge on any atom is 0.284 e. The van der Waals surface area contributed by atoms with Crippen LogP contribution < -0.4 is 9.47 Å². The standard InChI is InChI=1S/C11H12N4O5/c1-7(16)8-5-10(19-2)11(6-9(8)15(17)18)20-4-3-13-14-12/h5-6H,3-4H2,1-2H3. The maximum atomic E-state index is 11.4. The number of nitro benzene ring substituents is 1. The molecule has 0 fully saturated rings. The van der Waals surface area contributed by atoms with Crippen molar-refractivity contribution in [2.75, 3.05) is 20.3 Å².